The van der Waals surface area contributed by atoms with Gasteiger partial charge in [0, 0.05) is 23.1 Å². The lowest BCUT2D eigenvalue weighted by atomic mass is 10.1. The van der Waals surface area contributed by atoms with Crippen molar-refractivity contribution < 1.29 is 14.6 Å². The maximum Gasteiger partial charge on any atom is 0.307 e. The number of aliphatic carboxylic acids is 1. The van der Waals surface area contributed by atoms with Crippen molar-refractivity contribution in [2.45, 2.75) is 39.7 Å². The Bertz CT molecular complexity index is 479. The van der Waals surface area contributed by atoms with Crippen molar-refractivity contribution in [2.24, 2.45) is 5.92 Å². The molecule has 1 rings (SSSR count). The van der Waals surface area contributed by atoms with E-state index in [4.69, 9.17) is 9.84 Å². The summed E-state index contributed by atoms with van der Waals surface area (Å²) in [4.78, 5) is 13.0. The molecule has 1 aromatic carbocycles. The molecule has 1 unspecified atom stereocenters. The number of ether oxygens (including phenoxy) is 1. The van der Waals surface area contributed by atoms with E-state index in [1.54, 1.807) is 6.92 Å². The van der Waals surface area contributed by atoms with Crippen LogP contribution in [0.3, 0.4) is 0 Å². The maximum atomic E-state index is 11.0. The van der Waals surface area contributed by atoms with Crippen LogP contribution in [-0.4, -0.2) is 36.2 Å². The van der Waals surface area contributed by atoms with Gasteiger partial charge in [-0.3, -0.25) is 4.79 Å². The highest BCUT2D eigenvalue weighted by Gasteiger charge is 2.15. The molecule has 0 fully saturated rings. The van der Waals surface area contributed by atoms with Gasteiger partial charge in [0.05, 0.1) is 12.5 Å². The van der Waals surface area contributed by atoms with Gasteiger partial charge in [-0.15, -0.1) is 0 Å². The molecule has 0 saturated heterocycles. The first-order chi connectivity index (χ1) is 10.4. The highest BCUT2D eigenvalue weighted by Crippen LogP contribution is 2.25. The Morgan fingerprint density at radius 1 is 1.41 bits per heavy atom. The second kappa shape index (κ2) is 9.85. The third-order valence-corrected chi connectivity index (χ3v) is 3.97. The molecule has 0 radical (unpaired) electrons. The quantitative estimate of drug-likeness (QED) is 0.627. The van der Waals surface area contributed by atoms with Gasteiger partial charge < -0.3 is 14.7 Å². The molecule has 0 aliphatic rings. The lowest BCUT2D eigenvalue weighted by Crippen LogP contribution is -2.28. The van der Waals surface area contributed by atoms with Crippen molar-refractivity contribution >= 4 is 21.9 Å². The van der Waals surface area contributed by atoms with Crippen molar-refractivity contribution in [3.8, 4) is 5.75 Å². The van der Waals surface area contributed by atoms with E-state index in [0.29, 0.717) is 13.1 Å². The number of nitrogens with zero attached hydrogens (tertiary/aromatic N) is 1. The van der Waals surface area contributed by atoms with Crippen molar-refractivity contribution in [2.75, 3.05) is 20.2 Å². The number of carboxylic acid groups (broad SMARTS) is 1. The minimum absolute atomic E-state index is 0.383. The van der Waals surface area contributed by atoms with Crippen molar-refractivity contribution in [3.05, 3.63) is 28.2 Å². The highest BCUT2D eigenvalue weighted by atomic mass is 79.9. The lowest BCUT2D eigenvalue weighted by molar-refractivity contribution is -0.141. The summed E-state index contributed by atoms with van der Waals surface area (Å²) >= 11 is 3.49. The molecule has 0 aliphatic heterocycles. The summed E-state index contributed by atoms with van der Waals surface area (Å²) in [6, 6.07) is 5.98. The predicted octanol–water partition coefficient (Wildman–Crippen LogP) is 4.17. The summed E-state index contributed by atoms with van der Waals surface area (Å²) in [7, 11) is 1.93. The Labute approximate surface area is 141 Å². The summed E-state index contributed by atoms with van der Waals surface area (Å²) < 4.78 is 6.89. The van der Waals surface area contributed by atoms with Crippen LogP contribution in [-0.2, 0) is 11.3 Å². The van der Waals surface area contributed by atoms with Crippen LogP contribution in [0.15, 0.2) is 22.7 Å². The third-order valence-electron chi connectivity index (χ3n) is 3.48. The second-order valence-corrected chi connectivity index (χ2v) is 6.66. The van der Waals surface area contributed by atoms with Crippen LogP contribution >= 0.6 is 15.9 Å². The molecule has 0 spiro atoms. The SMILES string of the molecule is CCCCCOc1ccc(Br)cc1CN(C)CC(C)C(=O)O. The largest absolute Gasteiger partial charge is 0.493 e. The van der Waals surface area contributed by atoms with E-state index in [1.807, 2.05) is 30.1 Å². The molecule has 0 heterocycles. The molecule has 124 valence electrons. The number of hydrogen-bond donors (Lipinski definition) is 1. The number of hydrogen-bond acceptors (Lipinski definition) is 3. The van der Waals surface area contributed by atoms with Gasteiger partial charge in [0.15, 0.2) is 0 Å². The van der Waals surface area contributed by atoms with Crippen LogP contribution in [0.5, 0.6) is 5.75 Å². The van der Waals surface area contributed by atoms with Gasteiger partial charge in [-0.05, 0) is 31.7 Å². The van der Waals surface area contributed by atoms with Crippen LogP contribution in [0.4, 0.5) is 0 Å². The summed E-state index contributed by atoms with van der Waals surface area (Å²) in [5, 5.41) is 9.00. The van der Waals surface area contributed by atoms with E-state index in [0.717, 1.165) is 28.8 Å². The highest BCUT2D eigenvalue weighted by molar-refractivity contribution is 9.10. The zero-order chi connectivity index (χ0) is 16.5. The van der Waals surface area contributed by atoms with Gasteiger partial charge in [-0.2, -0.15) is 0 Å². The fourth-order valence-electron chi connectivity index (χ4n) is 2.25. The number of rotatable bonds is 10. The lowest BCUT2D eigenvalue weighted by Gasteiger charge is -2.21. The Kier molecular flexibility index (Phi) is 8.49. The van der Waals surface area contributed by atoms with E-state index in [1.165, 1.54) is 12.8 Å². The topological polar surface area (TPSA) is 49.8 Å². The Morgan fingerprint density at radius 3 is 2.77 bits per heavy atom. The number of unbranched alkanes of at least 4 members (excludes halogenated alkanes) is 2. The third kappa shape index (κ3) is 6.79. The van der Waals surface area contributed by atoms with Crippen LogP contribution in [0.1, 0.15) is 38.7 Å². The zero-order valence-corrected chi connectivity index (χ0v) is 15.2. The molecule has 0 aromatic heterocycles. The van der Waals surface area contributed by atoms with E-state index >= 15 is 0 Å². The molecule has 0 amide bonds. The van der Waals surface area contributed by atoms with Crippen molar-refractivity contribution in [1.29, 1.82) is 0 Å². The smallest absolute Gasteiger partial charge is 0.307 e. The van der Waals surface area contributed by atoms with Crippen LogP contribution in [0.25, 0.3) is 0 Å². The maximum absolute atomic E-state index is 11.0. The van der Waals surface area contributed by atoms with Crippen LogP contribution in [0, 0.1) is 5.92 Å². The first kappa shape index (κ1) is 19.0. The first-order valence-electron chi connectivity index (χ1n) is 7.76. The fraction of sp³-hybridized carbons (Fsp3) is 0.588. The summed E-state index contributed by atoms with van der Waals surface area (Å²) in [5.74, 6) is -0.266. The van der Waals surface area contributed by atoms with Gasteiger partial charge in [0.25, 0.3) is 0 Å². The average Bonchev–Trinajstić information content (AvgIpc) is 2.45. The minimum atomic E-state index is -0.767. The standard InChI is InChI=1S/C17H26BrNO3/c1-4-5-6-9-22-16-8-7-15(18)10-14(16)12-19(3)11-13(2)17(20)21/h7-8,10,13H,4-6,9,11-12H2,1-3H3,(H,20,21). The molecule has 1 atom stereocenters. The van der Waals surface area contributed by atoms with Crippen LogP contribution < -0.4 is 4.74 Å². The minimum Gasteiger partial charge on any atom is -0.493 e. The molecule has 22 heavy (non-hydrogen) atoms. The number of carbonyl (C=O) groups is 1. The van der Waals surface area contributed by atoms with Crippen molar-refractivity contribution in [1.82, 2.24) is 4.90 Å². The van der Waals surface area contributed by atoms with E-state index in [-0.39, 0.29) is 5.92 Å². The van der Waals surface area contributed by atoms with Gasteiger partial charge in [0.2, 0.25) is 0 Å². The van der Waals surface area contributed by atoms with Crippen LogP contribution in [0.2, 0.25) is 0 Å². The number of benzene rings is 1. The molecular weight excluding hydrogens is 346 g/mol. The normalized spacial score (nSPS) is 12.4. The molecular formula is C17H26BrNO3. The van der Waals surface area contributed by atoms with E-state index < -0.39 is 5.97 Å². The number of halogens is 1. The molecule has 0 saturated carbocycles. The van der Waals surface area contributed by atoms with Gasteiger partial charge in [0.1, 0.15) is 5.75 Å². The predicted molar refractivity (Wildman–Crippen MR) is 92.3 cm³/mol. The van der Waals surface area contributed by atoms with E-state index in [2.05, 4.69) is 22.9 Å². The van der Waals surface area contributed by atoms with Gasteiger partial charge in [-0.1, -0.05) is 42.6 Å². The molecule has 4 nitrogen and oxygen atoms in total. The van der Waals surface area contributed by atoms with Gasteiger partial charge in [-0.25, -0.2) is 0 Å². The fourth-order valence-corrected chi connectivity index (χ4v) is 2.66. The van der Waals surface area contributed by atoms with Gasteiger partial charge >= 0.3 is 5.97 Å². The van der Waals surface area contributed by atoms with E-state index in [9.17, 15) is 4.79 Å². The first-order valence-corrected chi connectivity index (χ1v) is 8.56. The molecule has 0 aliphatic carbocycles. The summed E-state index contributed by atoms with van der Waals surface area (Å²) in [5.41, 5.74) is 1.07. The molecule has 1 aromatic rings. The Morgan fingerprint density at radius 2 is 2.14 bits per heavy atom. The average molecular weight is 372 g/mol. The van der Waals surface area contributed by atoms with Crippen molar-refractivity contribution in [3.63, 3.8) is 0 Å². The molecule has 5 heteroatoms. The molecule has 0 bridgehead atoms. The summed E-state index contributed by atoms with van der Waals surface area (Å²) in [6.07, 6.45) is 3.39. The number of carboxylic acids is 1. The Hall–Kier alpha value is -1.07. The zero-order valence-electron chi connectivity index (χ0n) is 13.6. The summed E-state index contributed by atoms with van der Waals surface area (Å²) in [6.45, 7) is 5.79. The Balaban J connectivity index is 2.66. The second-order valence-electron chi connectivity index (χ2n) is 5.74. The molecule has 1 N–H and O–H groups in total. The monoisotopic (exact) mass is 371 g/mol.